The Balaban J connectivity index is 2.29. The van der Waals surface area contributed by atoms with Gasteiger partial charge in [0.25, 0.3) is 0 Å². The van der Waals surface area contributed by atoms with Crippen molar-refractivity contribution in [3.8, 4) is 0 Å². The molecule has 0 N–H and O–H groups in total. The van der Waals surface area contributed by atoms with Gasteiger partial charge in [-0.25, -0.2) is 9.48 Å². The predicted molar refractivity (Wildman–Crippen MR) is 77.9 cm³/mol. The predicted octanol–water partition coefficient (Wildman–Crippen LogP) is 2.76. The van der Waals surface area contributed by atoms with Crippen molar-refractivity contribution in [1.82, 2.24) is 15.0 Å². The highest BCUT2D eigenvalue weighted by Crippen LogP contribution is 2.17. The van der Waals surface area contributed by atoms with Crippen molar-refractivity contribution >= 4 is 17.3 Å². The third kappa shape index (κ3) is 3.45. The first-order chi connectivity index (χ1) is 9.61. The molecule has 0 fully saturated rings. The number of ether oxygens (including phenoxy) is 1. The monoisotopic (exact) mass is 293 g/mol. The van der Waals surface area contributed by atoms with Crippen LogP contribution in [0.1, 0.15) is 41.8 Å². The fourth-order valence-corrected chi connectivity index (χ4v) is 2.64. The number of hydrogen-bond acceptors (Lipinski definition) is 5. The number of rotatable bonds is 6. The molecule has 20 heavy (non-hydrogen) atoms. The van der Waals surface area contributed by atoms with E-state index in [2.05, 4.69) is 30.2 Å². The van der Waals surface area contributed by atoms with Gasteiger partial charge in [0, 0.05) is 4.88 Å². The van der Waals surface area contributed by atoms with Crippen LogP contribution in [0.15, 0.2) is 17.5 Å². The Morgan fingerprint density at radius 2 is 2.30 bits per heavy atom. The summed E-state index contributed by atoms with van der Waals surface area (Å²) in [6.45, 7) is 6.99. The average molecular weight is 293 g/mol. The fourth-order valence-electron chi connectivity index (χ4n) is 1.96. The van der Waals surface area contributed by atoms with Crippen LogP contribution in [-0.2, 0) is 17.7 Å². The van der Waals surface area contributed by atoms with E-state index in [1.165, 1.54) is 4.88 Å². The zero-order chi connectivity index (χ0) is 14.5. The van der Waals surface area contributed by atoms with Crippen molar-refractivity contribution in [1.29, 1.82) is 0 Å². The van der Waals surface area contributed by atoms with Gasteiger partial charge in [0.15, 0.2) is 5.69 Å². The van der Waals surface area contributed by atoms with Crippen LogP contribution >= 0.6 is 11.3 Å². The van der Waals surface area contributed by atoms with E-state index in [1.807, 2.05) is 11.4 Å². The summed E-state index contributed by atoms with van der Waals surface area (Å²) < 4.78 is 6.85. The Hall–Kier alpha value is -1.69. The molecule has 0 aliphatic carbocycles. The van der Waals surface area contributed by atoms with E-state index in [4.69, 9.17) is 4.74 Å². The first-order valence-electron chi connectivity index (χ1n) is 6.73. The maximum atomic E-state index is 11.9. The van der Waals surface area contributed by atoms with Crippen molar-refractivity contribution in [2.75, 3.05) is 6.61 Å². The molecule has 0 bridgehead atoms. The minimum absolute atomic E-state index is 0.345. The standard InChI is InChI=1S/C14H19N3O2S/c1-4-19-14(18)13-12(8-10(2)3)17(16-15-13)9-11-6-5-7-20-11/h5-7,10H,4,8-9H2,1-3H3. The lowest BCUT2D eigenvalue weighted by Crippen LogP contribution is -2.13. The molecule has 0 spiro atoms. The SMILES string of the molecule is CCOC(=O)c1nnn(Cc2cccs2)c1CC(C)C. The molecule has 0 aliphatic heterocycles. The second-order valence-corrected chi connectivity index (χ2v) is 5.97. The molecular formula is C14H19N3O2S. The van der Waals surface area contributed by atoms with Crippen molar-refractivity contribution in [2.45, 2.75) is 33.7 Å². The van der Waals surface area contributed by atoms with Crippen LogP contribution in [0.25, 0.3) is 0 Å². The van der Waals surface area contributed by atoms with E-state index < -0.39 is 0 Å². The number of carbonyl (C=O) groups is 1. The molecule has 108 valence electrons. The smallest absolute Gasteiger partial charge is 0.360 e. The molecule has 0 atom stereocenters. The molecule has 2 aromatic heterocycles. The highest BCUT2D eigenvalue weighted by atomic mass is 32.1. The summed E-state index contributed by atoms with van der Waals surface area (Å²) in [5.41, 5.74) is 1.20. The highest BCUT2D eigenvalue weighted by molar-refractivity contribution is 7.09. The van der Waals surface area contributed by atoms with Crippen LogP contribution < -0.4 is 0 Å². The van der Waals surface area contributed by atoms with Gasteiger partial charge in [0.1, 0.15) is 0 Å². The third-order valence-corrected chi connectivity index (χ3v) is 3.65. The average Bonchev–Trinajstić information content (AvgIpc) is 3.01. The number of esters is 1. The van der Waals surface area contributed by atoms with Gasteiger partial charge >= 0.3 is 5.97 Å². The first kappa shape index (κ1) is 14.7. The largest absolute Gasteiger partial charge is 0.461 e. The topological polar surface area (TPSA) is 57.0 Å². The highest BCUT2D eigenvalue weighted by Gasteiger charge is 2.21. The van der Waals surface area contributed by atoms with E-state index in [-0.39, 0.29) is 5.97 Å². The quantitative estimate of drug-likeness (QED) is 0.768. The van der Waals surface area contributed by atoms with Crippen molar-refractivity contribution < 1.29 is 9.53 Å². The summed E-state index contributed by atoms with van der Waals surface area (Å²) in [5, 5.41) is 10.2. The number of carbonyl (C=O) groups excluding carboxylic acids is 1. The number of hydrogen-bond donors (Lipinski definition) is 0. The summed E-state index contributed by atoms with van der Waals surface area (Å²) in [6.07, 6.45) is 0.756. The van der Waals surface area contributed by atoms with E-state index in [0.717, 1.165) is 12.1 Å². The summed E-state index contributed by atoms with van der Waals surface area (Å²) >= 11 is 1.67. The van der Waals surface area contributed by atoms with Crippen LogP contribution in [0.3, 0.4) is 0 Å². The van der Waals surface area contributed by atoms with Gasteiger partial charge in [-0.2, -0.15) is 0 Å². The molecular weight excluding hydrogens is 274 g/mol. The molecule has 6 heteroatoms. The molecule has 2 rings (SSSR count). The van der Waals surface area contributed by atoms with Gasteiger partial charge in [-0.3, -0.25) is 0 Å². The zero-order valence-corrected chi connectivity index (χ0v) is 12.8. The molecule has 5 nitrogen and oxygen atoms in total. The molecule has 0 saturated heterocycles. The summed E-state index contributed by atoms with van der Waals surface area (Å²) in [4.78, 5) is 13.1. The van der Waals surface area contributed by atoms with Gasteiger partial charge < -0.3 is 4.74 Å². The van der Waals surface area contributed by atoms with E-state index in [1.54, 1.807) is 22.9 Å². The van der Waals surface area contributed by atoms with Crippen LogP contribution in [0, 0.1) is 5.92 Å². The Bertz CT molecular complexity index is 561. The second kappa shape index (κ2) is 6.65. The Labute approximate surface area is 122 Å². The lowest BCUT2D eigenvalue weighted by molar-refractivity contribution is 0.0518. The molecule has 2 aromatic rings. The van der Waals surface area contributed by atoms with Crippen LogP contribution in [0.2, 0.25) is 0 Å². The number of thiophene rings is 1. The van der Waals surface area contributed by atoms with E-state index in [9.17, 15) is 4.79 Å². The van der Waals surface area contributed by atoms with Gasteiger partial charge in [-0.05, 0) is 30.7 Å². The Morgan fingerprint density at radius 1 is 1.50 bits per heavy atom. The van der Waals surface area contributed by atoms with E-state index >= 15 is 0 Å². The van der Waals surface area contributed by atoms with Crippen LogP contribution in [0.4, 0.5) is 0 Å². The zero-order valence-electron chi connectivity index (χ0n) is 12.0. The van der Waals surface area contributed by atoms with Crippen molar-refractivity contribution in [2.24, 2.45) is 5.92 Å². The first-order valence-corrected chi connectivity index (χ1v) is 7.61. The lowest BCUT2D eigenvalue weighted by atomic mass is 10.1. The van der Waals surface area contributed by atoms with Gasteiger partial charge in [0.05, 0.1) is 18.8 Å². The van der Waals surface area contributed by atoms with Gasteiger partial charge in [-0.15, -0.1) is 16.4 Å². The maximum Gasteiger partial charge on any atom is 0.360 e. The Kier molecular flexibility index (Phi) is 4.89. The maximum absolute atomic E-state index is 11.9. The summed E-state index contributed by atoms with van der Waals surface area (Å²) in [7, 11) is 0. The Morgan fingerprint density at radius 3 is 2.90 bits per heavy atom. The van der Waals surface area contributed by atoms with Crippen LogP contribution in [0.5, 0.6) is 0 Å². The van der Waals surface area contributed by atoms with Crippen LogP contribution in [-0.4, -0.2) is 27.6 Å². The van der Waals surface area contributed by atoms with Gasteiger partial charge in [-0.1, -0.05) is 25.1 Å². The van der Waals surface area contributed by atoms with Crippen molar-refractivity contribution in [3.05, 3.63) is 33.8 Å². The molecule has 0 radical (unpaired) electrons. The minimum Gasteiger partial charge on any atom is -0.461 e. The molecule has 0 unspecified atom stereocenters. The normalized spacial score (nSPS) is 11.0. The molecule has 0 saturated carbocycles. The summed E-state index contributed by atoms with van der Waals surface area (Å²) in [5.74, 6) is 0.0318. The van der Waals surface area contributed by atoms with Gasteiger partial charge in [0.2, 0.25) is 0 Å². The second-order valence-electron chi connectivity index (χ2n) is 4.94. The molecule has 0 amide bonds. The van der Waals surface area contributed by atoms with E-state index in [0.29, 0.717) is 24.8 Å². The van der Waals surface area contributed by atoms with Crippen molar-refractivity contribution in [3.63, 3.8) is 0 Å². The minimum atomic E-state index is -0.388. The summed E-state index contributed by atoms with van der Waals surface area (Å²) in [6, 6.07) is 4.06. The lowest BCUT2D eigenvalue weighted by Gasteiger charge is -2.09. The third-order valence-electron chi connectivity index (χ3n) is 2.79. The fraction of sp³-hybridized carbons (Fsp3) is 0.500. The molecule has 0 aliphatic rings. The molecule has 2 heterocycles. The number of aromatic nitrogens is 3. The number of nitrogens with zero attached hydrogens (tertiary/aromatic N) is 3. The molecule has 0 aromatic carbocycles.